The van der Waals surface area contributed by atoms with E-state index in [2.05, 4.69) is 36.4 Å². The molecule has 2 nitrogen and oxygen atoms in total. The summed E-state index contributed by atoms with van der Waals surface area (Å²) in [4.78, 5) is 3.93. The minimum absolute atomic E-state index is 0.408. The Morgan fingerprint density at radius 3 is 2.94 bits per heavy atom. The molecule has 2 N–H and O–H groups in total. The van der Waals surface area contributed by atoms with E-state index in [4.69, 9.17) is 5.73 Å². The first-order valence-corrected chi connectivity index (χ1v) is 7.55. The van der Waals surface area contributed by atoms with Crippen LogP contribution in [0.4, 0.5) is 0 Å². The Balaban J connectivity index is 2.04. The smallest absolute Gasteiger partial charge is 0.0564 e. The molecule has 0 spiro atoms. The Bertz CT molecular complexity index is 323. The van der Waals surface area contributed by atoms with E-state index < -0.39 is 0 Å². The van der Waals surface area contributed by atoms with Gasteiger partial charge in [0.1, 0.15) is 0 Å². The van der Waals surface area contributed by atoms with Crippen molar-refractivity contribution in [2.75, 3.05) is 13.6 Å². The van der Waals surface area contributed by atoms with Crippen molar-refractivity contribution in [2.45, 2.75) is 44.7 Å². The Kier molecular flexibility index (Phi) is 4.60. The molecule has 96 valence electrons. The summed E-state index contributed by atoms with van der Waals surface area (Å²) in [5, 5.41) is 2.15. The molecule has 3 atom stereocenters. The molecule has 1 aliphatic rings. The number of nitrogens with two attached hydrogens (primary N) is 1. The molecule has 3 heteroatoms. The first-order chi connectivity index (χ1) is 8.22. The Hall–Kier alpha value is -0.380. The van der Waals surface area contributed by atoms with Crippen LogP contribution in [0.1, 0.15) is 43.5 Å². The molecule has 3 unspecified atom stereocenters. The minimum atomic E-state index is 0.408. The maximum absolute atomic E-state index is 5.97. The fourth-order valence-electron chi connectivity index (χ4n) is 2.99. The van der Waals surface area contributed by atoms with Crippen molar-refractivity contribution in [3.8, 4) is 0 Å². The van der Waals surface area contributed by atoms with Crippen molar-refractivity contribution in [3.63, 3.8) is 0 Å². The second-order valence-corrected chi connectivity index (χ2v) is 6.34. The van der Waals surface area contributed by atoms with Crippen LogP contribution in [0.5, 0.6) is 0 Å². The molecule has 0 saturated heterocycles. The minimum Gasteiger partial charge on any atom is -0.329 e. The van der Waals surface area contributed by atoms with E-state index in [9.17, 15) is 0 Å². The van der Waals surface area contributed by atoms with Gasteiger partial charge in [0.05, 0.1) is 6.04 Å². The summed E-state index contributed by atoms with van der Waals surface area (Å²) >= 11 is 1.83. The Morgan fingerprint density at radius 2 is 2.35 bits per heavy atom. The van der Waals surface area contributed by atoms with E-state index in [-0.39, 0.29) is 0 Å². The highest BCUT2D eigenvalue weighted by Gasteiger charge is 2.27. The van der Waals surface area contributed by atoms with Gasteiger partial charge in [-0.05, 0) is 37.3 Å². The highest BCUT2D eigenvalue weighted by Crippen LogP contribution is 2.32. The van der Waals surface area contributed by atoms with Gasteiger partial charge < -0.3 is 5.73 Å². The zero-order chi connectivity index (χ0) is 12.3. The lowest BCUT2D eigenvalue weighted by Crippen LogP contribution is -2.40. The standard InChI is InChI=1S/C14H24N2S/c1-11-5-3-6-12(9-11)16(2)13(10-15)14-7-4-8-17-14/h4,7-8,11-13H,3,5-6,9-10,15H2,1-2H3. The van der Waals surface area contributed by atoms with Crippen LogP contribution in [-0.2, 0) is 0 Å². The van der Waals surface area contributed by atoms with Crippen LogP contribution in [0.15, 0.2) is 17.5 Å². The molecule has 1 aliphatic carbocycles. The normalized spacial score (nSPS) is 27.3. The largest absolute Gasteiger partial charge is 0.329 e. The number of nitrogens with zero attached hydrogens (tertiary/aromatic N) is 1. The fourth-order valence-corrected chi connectivity index (χ4v) is 3.88. The molecule has 1 aromatic heterocycles. The summed E-state index contributed by atoms with van der Waals surface area (Å²) in [5.74, 6) is 0.873. The van der Waals surface area contributed by atoms with Crippen molar-refractivity contribution < 1.29 is 0 Å². The summed E-state index contributed by atoms with van der Waals surface area (Å²) < 4.78 is 0. The molecule has 1 heterocycles. The van der Waals surface area contributed by atoms with Gasteiger partial charge in [0.15, 0.2) is 0 Å². The lowest BCUT2D eigenvalue weighted by molar-refractivity contribution is 0.122. The van der Waals surface area contributed by atoms with Gasteiger partial charge in [-0.25, -0.2) is 0 Å². The van der Waals surface area contributed by atoms with Gasteiger partial charge in [0, 0.05) is 17.5 Å². The van der Waals surface area contributed by atoms with Gasteiger partial charge in [0.2, 0.25) is 0 Å². The lowest BCUT2D eigenvalue weighted by Gasteiger charge is -2.38. The molecule has 17 heavy (non-hydrogen) atoms. The quantitative estimate of drug-likeness (QED) is 0.891. The Labute approximate surface area is 109 Å². The van der Waals surface area contributed by atoms with Gasteiger partial charge in [-0.2, -0.15) is 0 Å². The van der Waals surface area contributed by atoms with E-state index in [0.717, 1.165) is 18.5 Å². The first-order valence-electron chi connectivity index (χ1n) is 6.67. The summed E-state index contributed by atoms with van der Waals surface area (Å²) in [6.45, 7) is 3.10. The molecule has 1 fully saturated rings. The van der Waals surface area contributed by atoms with Crippen molar-refractivity contribution in [1.29, 1.82) is 0 Å². The van der Waals surface area contributed by atoms with Crippen LogP contribution in [-0.4, -0.2) is 24.5 Å². The van der Waals surface area contributed by atoms with Gasteiger partial charge in [0.25, 0.3) is 0 Å². The molecule has 0 amide bonds. The predicted octanol–water partition coefficient (Wildman–Crippen LogP) is 3.26. The van der Waals surface area contributed by atoms with Crippen molar-refractivity contribution in [1.82, 2.24) is 4.90 Å². The number of hydrogen-bond acceptors (Lipinski definition) is 3. The van der Waals surface area contributed by atoms with E-state index in [1.54, 1.807) is 0 Å². The molecule has 2 rings (SSSR count). The van der Waals surface area contributed by atoms with Crippen LogP contribution in [0, 0.1) is 5.92 Å². The molecular weight excluding hydrogens is 228 g/mol. The number of rotatable bonds is 4. The molecule has 0 bridgehead atoms. The van der Waals surface area contributed by atoms with E-state index in [1.807, 2.05) is 11.3 Å². The first kappa shape index (κ1) is 13.1. The fraction of sp³-hybridized carbons (Fsp3) is 0.714. The second-order valence-electron chi connectivity index (χ2n) is 5.36. The number of hydrogen-bond donors (Lipinski definition) is 1. The summed E-state index contributed by atoms with van der Waals surface area (Å²) in [6, 6.07) is 5.46. The number of thiophene rings is 1. The topological polar surface area (TPSA) is 29.3 Å². The maximum Gasteiger partial charge on any atom is 0.0564 e. The van der Waals surface area contributed by atoms with Gasteiger partial charge in [-0.1, -0.05) is 25.8 Å². The highest BCUT2D eigenvalue weighted by molar-refractivity contribution is 7.10. The summed E-state index contributed by atoms with van der Waals surface area (Å²) in [6.07, 6.45) is 5.44. The average Bonchev–Trinajstić information content (AvgIpc) is 2.83. The van der Waals surface area contributed by atoms with Crippen molar-refractivity contribution in [3.05, 3.63) is 22.4 Å². The average molecular weight is 252 g/mol. The third kappa shape index (κ3) is 3.09. The van der Waals surface area contributed by atoms with Crippen molar-refractivity contribution >= 4 is 11.3 Å². The van der Waals surface area contributed by atoms with E-state index in [1.165, 1.54) is 30.6 Å². The lowest BCUT2D eigenvalue weighted by atomic mass is 9.86. The number of likely N-dealkylation sites (N-methyl/N-ethyl adjacent to an activating group) is 1. The zero-order valence-electron chi connectivity index (χ0n) is 10.9. The molecule has 0 aromatic carbocycles. The summed E-state index contributed by atoms with van der Waals surface area (Å²) in [5.41, 5.74) is 5.97. The molecule has 0 aliphatic heterocycles. The maximum atomic E-state index is 5.97. The van der Waals surface area contributed by atoms with E-state index in [0.29, 0.717) is 6.04 Å². The zero-order valence-corrected chi connectivity index (χ0v) is 11.7. The SMILES string of the molecule is CC1CCCC(N(C)C(CN)c2cccs2)C1. The van der Waals surface area contributed by atoms with Gasteiger partial charge in [-0.3, -0.25) is 4.90 Å². The van der Waals surface area contributed by atoms with Crippen LogP contribution >= 0.6 is 11.3 Å². The van der Waals surface area contributed by atoms with Crippen LogP contribution < -0.4 is 5.73 Å². The summed E-state index contributed by atoms with van der Waals surface area (Å²) in [7, 11) is 2.25. The van der Waals surface area contributed by atoms with Gasteiger partial charge >= 0.3 is 0 Å². The monoisotopic (exact) mass is 252 g/mol. The van der Waals surface area contributed by atoms with Gasteiger partial charge in [-0.15, -0.1) is 11.3 Å². The van der Waals surface area contributed by atoms with Crippen LogP contribution in [0.25, 0.3) is 0 Å². The molecule has 1 aromatic rings. The van der Waals surface area contributed by atoms with E-state index >= 15 is 0 Å². The molecule has 0 radical (unpaired) electrons. The van der Waals surface area contributed by atoms with Crippen LogP contribution in [0.2, 0.25) is 0 Å². The van der Waals surface area contributed by atoms with Crippen LogP contribution in [0.3, 0.4) is 0 Å². The highest BCUT2D eigenvalue weighted by atomic mass is 32.1. The Morgan fingerprint density at radius 1 is 1.53 bits per heavy atom. The predicted molar refractivity (Wildman–Crippen MR) is 75.3 cm³/mol. The third-order valence-electron chi connectivity index (χ3n) is 4.07. The second kappa shape index (κ2) is 5.98. The molecule has 1 saturated carbocycles. The third-order valence-corrected chi connectivity index (χ3v) is 5.04. The van der Waals surface area contributed by atoms with Crippen molar-refractivity contribution in [2.24, 2.45) is 11.7 Å². The molecular formula is C14H24N2S.